The van der Waals surface area contributed by atoms with Crippen molar-refractivity contribution in [1.82, 2.24) is 9.88 Å². The SMILES string of the molecule is O=C(Nc1ccc(Cl)nc1)c1sc(-c2ccccc2)cc1OCC(=O)N1CCCCC1. The molecule has 3 aromatic rings. The van der Waals surface area contributed by atoms with E-state index in [1.807, 2.05) is 41.3 Å². The second-order valence-electron chi connectivity index (χ2n) is 7.22. The van der Waals surface area contributed by atoms with Gasteiger partial charge in [0.25, 0.3) is 11.8 Å². The van der Waals surface area contributed by atoms with Gasteiger partial charge in [-0.1, -0.05) is 41.9 Å². The quantitative estimate of drug-likeness (QED) is 0.524. The van der Waals surface area contributed by atoms with Gasteiger partial charge in [0, 0.05) is 18.0 Å². The highest BCUT2D eigenvalue weighted by molar-refractivity contribution is 7.17. The van der Waals surface area contributed by atoms with Crippen LogP contribution in [0.1, 0.15) is 28.9 Å². The van der Waals surface area contributed by atoms with E-state index in [2.05, 4.69) is 10.3 Å². The number of nitrogens with one attached hydrogen (secondary N) is 1. The van der Waals surface area contributed by atoms with Crippen LogP contribution in [0.4, 0.5) is 5.69 Å². The molecule has 31 heavy (non-hydrogen) atoms. The number of carbonyl (C=O) groups excluding carboxylic acids is 2. The lowest BCUT2D eigenvalue weighted by Crippen LogP contribution is -2.38. The van der Waals surface area contributed by atoms with E-state index in [0.717, 1.165) is 42.8 Å². The van der Waals surface area contributed by atoms with Crippen molar-refractivity contribution in [1.29, 1.82) is 0 Å². The minimum absolute atomic E-state index is 0.0552. The Morgan fingerprint density at radius 3 is 2.58 bits per heavy atom. The summed E-state index contributed by atoms with van der Waals surface area (Å²) in [5.74, 6) is 0.0192. The molecule has 0 radical (unpaired) electrons. The van der Waals surface area contributed by atoms with Gasteiger partial charge in [-0.05, 0) is 43.0 Å². The number of thiophene rings is 1. The van der Waals surface area contributed by atoms with Crippen molar-refractivity contribution in [3.63, 3.8) is 0 Å². The molecule has 1 fully saturated rings. The third-order valence-corrected chi connectivity index (χ3v) is 6.40. The summed E-state index contributed by atoms with van der Waals surface area (Å²) in [7, 11) is 0. The number of hydrogen-bond acceptors (Lipinski definition) is 5. The highest BCUT2D eigenvalue weighted by atomic mass is 35.5. The van der Waals surface area contributed by atoms with Crippen LogP contribution in [0.2, 0.25) is 5.15 Å². The van der Waals surface area contributed by atoms with Crippen LogP contribution >= 0.6 is 22.9 Å². The Bertz CT molecular complexity index is 1050. The summed E-state index contributed by atoms with van der Waals surface area (Å²) in [6, 6.07) is 14.9. The molecule has 2 amide bonds. The molecule has 1 saturated heterocycles. The predicted molar refractivity (Wildman–Crippen MR) is 123 cm³/mol. The van der Waals surface area contributed by atoms with Gasteiger partial charge < -0.3 is 15.0 Å². The van der Waals surface area contributed by atoms with Crippen LogP contribution < -0.4 is 10.1 Å². The smallest absolute Gasteiger partial charge is 0.269 e. The van der Waals surface area contributed by atoms with Gasteiger partial charge in [0.1, 0.15) is 15.8 Å². The summed E-state index contributed by atoms with van der Waals surface area (Å²) in [5, 5.41) is 3.16. The third-order valence-electron chi connectivity index (χ3n) is 5.01. The van der Waals surface area contributed by atoms with Gasteiger partial charge in [-0.2, -0.15) is 0 Å². The maximum Gasteiger partial charge on any atom is 0.269 e. The van der Waals surface area contributed by atoms with Crippen molar-refractivity contribution in [2.75, 3.05) is 25.0 Å². The van der Waals surface area contributed by atoms with E-state index in [1.165, 1.54) is 17.5 Å². The summed E-state index contributed by atoms with van der Waals surface area (Å²) in [6.45, 7) is 1.43. The average Bonchev–Trinajstić information content (AvgIpc) is 3.25. The number of benzene rings is 1. The lowest BCUT2D eigenvalue weighted by Gasteiger charge is -2.26. The normalized spacial score (nSPS) is 13.6. The Morgan fingerprint density at radius 1 is 1.10 bits per heavy atom. The van der Waals surface area contributed by atoms with E-state index in [9.17, 15) is 9.59 Å². The lowest BCUT2D eigenvalue weighted by atomic mass is 10.1. The molecule has 6 nitrogen and oxygen atoms in total. The van der Waals surface area contributed by atoms with Crippen molar-refractivity contribution < 1.29 is 14.3 Å². The zero-order chi connectivity index (χ0) is 21.6. The molecule has 4 rings (SSSR count). The number of anilines is 1. The molecule has 1 aliphatic rings. The van der Waals surface area contributed by atoms with Crippen LogP contribution in [0.15, 0.2) is 54.7 Å². The summed E-state index contributed by atoms with van der Waals surface area (Å²) in [5.41, 5.74) is 1.51. The number of carbonyl (C=O) groups is 2. The fourth-order valence-electron chi connectivity index (χ4n) is 3.40. The standard InChI is InChI=1S/C23H22ClN3O3S/c24-20-10-9-17(14-25-20)26-23(29)22-18(13-19(31-22)16-7-3-1-4-8-16)30-15-21(28)27-11-5-2-6-12-27/h1,3-4,7-10,13-14H,2,5-6,11-12,15H2,(H,26,29). The van der Waals surface area contributed by atoms with E-state index in [0.29, 0.717) is 21.5 Å². The second kappa shape index (κ2) is 9.94. The predicted octanol–water partition coefficient (Wildman–Crippen LogP) is 5.11. The number of aromatic nitrogens is 1. The zero-order valence-electron chi connectivity index (χ0n) is 16.8. The average molecular weight is 456 g/mol. The lowest BCUT2D eigenvalue weighted by molar-refractivity contribution is -0.134. The van der Waals surface area contributed by atoms with Crippen molar-refractivity contribution in [3.05, 3.63) is 64.8 Å². The van der Waals surface area contributed by atoms with Gasteiger partial charge in [0.15, 0.2) is 6.61 Å². The number of pyridine rings is 1. The van der Waals surface area contributed by atoms with Gasteiger partial charge in [0.2, 0.25) is 0 Å². The van der Waals surface area contributed by atoms with E-state index < -0.39 is 0 Å². The van der Waals surface area contributed by atoms with E-state index in [1.54, 1.807) is 12.1 Å². The molecule has 0 aliphatic carbocycles. The largest absolute Gasteiger partial charge is 0.482 e. The summed E-state index contributed by atoms with van der Waals surface area (Å²) in [6.07, 6.45) is 4.68. The fourth-order valence-corrected chi connectivity index (χ4v) is 4.51. The first kappa shape index (κ1) is 21.3. The molecule has 3 heterocycles. The molecular formula is C23H22ClN3O3S. The first-order valence-electron chi connectivity index (χ1n) is 10.1. The molecule has 0 saturated carbocycles. The Hall–Kier alpha value is -2.90. The Labute approximate surface area is 189 Å². The molecule has 160 valence electrons. The van der Waals surface area contributed by atoms with E-state index in [-0.39, 0.29) is 18.4 Å². The van der Waals surface area contributed by atoms with Gasteiger partial charge in [-0.15, -0.1) is 11.3 Å². The highest BCUT2D eigenvalue weighted by Crippen LogP contribution is 2.37. The van der Waals surface area contributed by atoms with Crippen LogP contribution in [0.5, 0.6) is 5.75 Å². The Morgan fingerprint density at radius 2 is 1.87 bits per heavy atom. The van der Waals surface area contributed by atoms with Crippen molar-refractivity contribution in [2.45, 2.75) is 19.3 Å². The second-order valence-corrected chi connectivity index (χ2v) is 8.66. The number of nitrogens with zero attached hydrogens (tertiary/aromatic N) is 2. The Kier molecular flexibility index (Phi) is 6.84. The molecule has 1 aliphatic heterocycles. The number of piperidine rings is 1. The van der Waals surface area contributed by atoms with Crippen LogP contribution in [-0.4, -0.2) is 41.4 Å². The minimum Gasteiger partial charge on any atom is -0.482 e. The first-order valence-corrected chi connectivity index (χ1v) is 11.3. The molecular weight excluding hydrogens is 434 g/mol. The maximum absolute atomic E-state index is 13.0. The fraction of sp³-hybridized carbons (Fsp3) is 0.261. The molecule has 0 bridgehead atoms. The van der Waals surface area contributed by atoms with Crippen molar-refractivity contribution in [2.24, 2.45) is 0 Å². The molecule has 0 spiro atoms. The van der Waals surface area contributed by atoms with Crippen molar-refractivity contribution >= 4 is 40.4 Å². The highest BCUT2D eigenvalue weighted by Gasteiger charge is 2.22. The van der Waals surface area contributed by atoms with Crippen LogP contribution in [0, 0.1) is 0 Å². The number of amides is 2. The number of halogens is 1. The molecule has 0 unspecified atom stereocenters. The summed E-state index contributed by atoms with van der Waals surface area (Å²) >= 11 is 7.14. The Balaban J connectivity index is 1.54. The van der Waals surface area contributed by atoms with Crippen LogP contribution in [0.3, 0.4) is 0 Å². The number of ether oxygens (including phenoxy) is 1. The molecule has 1 aromatic carbocycles. The molecule has 8 heteroatoms. The molecule has 1 N–H and O–H groups in total. The van der Waals surface area contributed by atoms with Crippen molar-refractivity contribution in [3.8, 4) is 16.2 Å². The zero-order valence-corrected chi connectivity index (χ0v) is 18.4. The van der Waals surface area contributed by atoms with Gasteiger partial charge >= 0.3 is 0 Å². The van der Waals surface area contributed by atoms with E-state index >= 15 is 0 Å². The third kappa shape index (κ3) is 5.42. The number of hydrogen-bond donors (Lipinski definition) is 1. The van der Waals surface area contributed by atoms with Crippen LogP contribution in [0.25, 0.3) is 10.4 Å². The molecule has 0 atom stereocenters. The number of likely N-dealkylation sites (tertiary alicyclic amines) is 1. The summed E-state index contributed by atoms with van der Waals surface area (Å²) in [4.78, 5) is 32.6. The van der Waals surface area contributed by atoms with E-state index in [4.69, 9.17) is 16.3 Å². The summed E-state index contributed by atoms with van der Waals surface area (Å²) < 4.78 is 5.85. The van der Waals surface area contributed by atoms with Crippen LogP contribution in [-0.2, 0) is 4.79 Å². The first-order chi connectivity index (χ1) is 15.1. The molecule has 2 aromatic heterocycles. The van der Waals surface area contributed by atoms with Gasteiger partial charge in [-0.3, -0.25) is 9.59 Å². The number of rotatable bonds is 6. The topological polar surface area (TPSA) is 71.5 Å². The monoisotopic (exact) mass is 455 g/mol. The van der Waals surface area contributed by atoms with Gasteiger partial charge in [-0.25, -0.2) is 4.98 Å². The van der Waals surface area contributed by atoms with Gasteiger partial charge in [0.05, 0.1) is 11.9 Å². The maximum atomic E-state index is 13.0. The minimum atomic E-state index is -0.322.